The molecule has 0 fully saturated rings. The largest absolute Gasteiger partial charge is 0.385 e. The van der Waals surface area contributed by atoms with Crippen molar-refractivity contribution in [3.05, 3.63) is 47.7 Å². The maximum absolute atomic E-state index is 13.9. The van der Waals surface area contributed by atoms with Crippen LogP contribution in [0.25, 0.3) is 0 Å². The molecule has 7 nitrogen and oxygen atoms in total. The Kier molecular flexibility index (Phi) is 6.58. The summed E-state index contributed by atoms with van der Waals surface area (Å²) in [6.45, 7) is 0.197. The summed E-state index contributed by atoms with van der Waals surface area (Å²) in [5.41, 5.74) is -0.312. The van der Waals surface area contributed by atoms with Crippen LogP contribution in [0.4, 0.5) is 14.6 Å². The Morgan fingerprint density at radius 2 is 2.12 bits per heavy atom. The second-order valence-corrected chi connectivity index (χ2v) is 5.13. The number of nitrogens with zero attached hydrogens (tertiary/aromatic N) is 2. The van der Waals surface area contributed by atoms with Crippen molar-refractivity contribution in [2.24, 2.45) is 0 Å². The summed E-state index contributed by atoms with van der Waals surface area (Å²) in [6, 6.07) is 4.09. The number of benzene rings is 1. The first-order chi connectivity index (χ1) is 12.0. The Morgan fingerprint density at radius 1 is 1.32 bits per heavy atom. The molecule has 2 aromatic rings. The smallest absolute Gasteiger partial charge is 0.257 e. The number of halogens is 2. The third-order valence-electron chi connectivity index (χ3n) is 3.27. The number of anilines is 1. The van der Waals surface area contributed by atoms with Gasteiger partial charge in [-0.15, -0.1) is 0 Å². The molecule has 1 heterocycles. The summed E-state index contributed by atoms with van der Waals surface area (Å²) in [6.07, 6.45) is 1.73. The fourth-order valence-electron chi connectivity index (χ4n) is 2.12. The van der Waals surface area contributed by atoms with Gasteiger partial charge in [-0.3, -0.25) is 9.59 Å². The average Bonchev–Trinajstić information content (AvgIpc) is 3.06. The van der Waals surface area contributed by atoms with E-state index >= 15 is 0 Å². The van der Waals surface area contributed by atoms with Crippen LogP contribution in [-0.2, 0) is 9.53 Å². The third kappa shape index (κ3) is 5.35. The zero-order valence-corrected chi connectivity index (χ0v) is 13.5. The molecular formula is C16H17F2N3O4. The van der Waals surface area contributed by atoms with Crippen molar-refractivity contribution >= 4 is 17.6 Å². The van der Waals surface area contributed by atoms with Crippen molar-refractivity contribution in [3.63, 3.8) is 0 Å². The molecule has 0 radical (unpaired) electrons. The van der Waals surface area contributed by atoms with Crippen LogP contribution in [0.15, 0.2) is 35.1 Å². The van der Waals surface area contributed by atoms with E-state index in [0.29, 0.717) is 19.1 Å². The van der Waals surface area contributed by atoms with Gasteiger partial charge in [-0.05, 0) is 18.6 Å². The van der Waals surface area contributed by atoms with Crippen molar-refractivity contribution in [1.29, 1.82) is 0 Å². The first-order valence-electron chi connectivity index (χ1n) is 7.44. The van der Waals surface area contributed by atoms with E-state index in [0.717, 1.165) is 17.0 Å². The zero-order chi connectivity index (χ0) is 18.2. The number of amides is 2. The molecule has 0 saturated carbocycles. The highest BCUT2D eigenvalue weighted by Crippen LogP contribution is 2.13. The van der Waals surface area contributed by atoms with Gasteiger partial charge in [0.05, 0.1) is 5.56 Å². The summed E-state index contributed by atoms with van der Waals surface area (Å²) >= 11 is 0. The molecule has 0 atom stereocenters. The number of carbonyl (C=O) groups excluding carboxylic acids is 2. The van der Waals surface area contributed by atoms with E-state index in [-0.39, 0.29) is 24.5 Å². The van der Waals surface area contributed by atoms with Gasteiger partial charge in [0.1, 0.15) is 24.4 Å². The Balaban J connectivity index is 2.10. The molecule has 0 aliphatic carbocycles. The molecule has 25 heavy (non-hydrogen) atoms. The minimum absolute atomic E-state index is 0.162. The number of hydrogen-bond donors (Lipinski definition) is 1. The quantitative estimate of drug-likeness (QED) is 0.735. The Hall–Kier alpha value is -2.81. The van der Waals surface area contributed by atoms with Gasteiger partial charge < -0.3 is 19.5 Å². The van der Waals surface area contributed by atoms with E-state index in [1.54, 1.807) is 0 Å². The standard InChI is InChI=1S/C16H17F2N3O4/c1-24-7-2-6-21(10-15(22)19-14-5-8-25-20-14)16(23)12-4-3-11(17)9-13(12)18/h3-5,8-9H,2,6-7,10H2,1H3,(H,19,20,22). The predicted molar refractivity (Wildman–Crippen MR) is 83.9 cm³/mol. The van der Waals surface area contributed by atoms with Crippen molar-refractivity contribution in [2.75, 3.05) is 32.1 Å². The van der Waals surface area contributed by atoms with Crippen LogP contribution < -0.4 is 5.32 Å². The van der Waals surface area contributed by atoms with Crippen LogP contribution in [0.1, 0.15) is 16.8 Å². The lowest BCUT2D eigenvalue weighted by atomic mass is 10.1. The lowest BCUT2D eigenvalue weighted by molar-refractivity contribution is -0.117. The fraction of sp³-hybridized carbons (Fsp3) is 0.312. The Labute approximate surface area is 142 Å². The number of hydrogen-bond acceptors (Lipinski definition) is 5. The molecule has 2 rings (SSSR count). The van der Waals surface area contributed by atoms with Crippen LogP contribution in [0, 0.1) is 11.6 Å². The molecule has 0 bridgehead atoms. The van der Waals surface area contributed by atoms with Gasteiger partial charge in [-0.1, -0.05) is 5.16 Å². The number of nitrogens with one attached hydrogen (secondary N) is 1. The molecule has 0 aliphatic heterocycles. The molecule has 1 N–H and O–H groups in total. The highest BCUT2D eigenvalue weighted by molar-refractivity contribution is 5.99. The van der Waals surface area contributed by atoms with Gasteiger partial charge in [0.25, 0.3) is 5.91 Å². The van der Waals surface area contributed by atoms with Gasteiger partial charge in [-0.2, -0.15) is 0 Å². The fourth-order valence-corrected chi connectivity index (χ4v) is 2.12. The number of carbonyl (C=O) groups is 2. The molecule has 9 heteroatoms. The summed E-state index contributed by atoms with van der Waals surface area (Å²) in [5.74, 6) is -2.82. The first kappa shape index (κ1) is 18.5. The van der Waals surface area contributed by atoms with Gasteiger partial charge in [0, 0.05) is 32.4 Å². The second kappa shape index (κ2) is 8.88. The highest BCUT2D eigenvalue weighted by atomic mass is 19.1. The van der Waals surface area contributed by atoms with Crippen molar-refractivity contribution in [2.45, 2.75) is 6.42 Å². The number of ether oxygens (including phenoxy) is 1. The normalized spacial score (nSPS) is 10.5. The minimum atomic E-state index is -0.987. The van der Waals surface area contributed by atoms with Gasteiger partial charge in [0.15, 0.2) is 5.82 Å². The highest BCUT2D eigenvalue weighted by Gasteiger charge is 2.22. The van der Waals surface area contributed by atoms with Crippen molar-refractivity contribution < 1.29 is 27.6 Å². The number of methoxy groups -OCH3 is 1. The summed E-state index contributed by atoms with van der Waals surface area (Å²) in [4.78, 5) is 25.7. The topological polar surface area (TPSA) is 84.7 Å². The van der Waals surface area contributed by atoms with Crippen LogP contribution in [-0.4, -0.2) is 48.7 Å². The van der Waals surface area contributed by atoms with Gasteiger partial charge >= 0.3 is 0 Å². The zero-order valence-electron chi connectivity index (χ0n) is 13.5. The monoisotopic (exact) mass is 353 g/mol. The molecule has 2 amide bonds. The molecule has 0 unspecified atom stereocenters. The summed E-state index contributed by atoms with van der Waals surface area (Å²) < 4.78 is 36.4. The number of rotatable bonds is 8. The second-order valence-electron chi connectivity index (χ2n) is 5.13. The molecule has 134 valence electrons. The average molecular weight is 353 g/mol. The molecule has 0 aliphatic rings. The lowest BCUT2D eigenvalue weighted by Gasteiger charge is -2.22. The van der Waals surface area contributed by atoms with E-state index in [1.165, 1.54) is 19.4 Å². The third-order valence-corrected chi connectivity index (χ3v) is 3.27. The van der Waals surface area contributed by atoms with E-state index in [1.807, 2.05) is 0 Å². The molecule has 0 saturated heterocycles. The maximum atomic E-state index is 13.9. The van der Waals surface area contributed by atoms with Crippen molar-refractivity contribution in [3.8, 4) is 0 Å². The minimum Gasteiger partial charge on any atom is -0.385 e. The molecular weight excluding hydrogens is 336 g/mol. The van der Waals surface area contributed by atoms with Crippen LogP contribution >= 0.6 is 0 Å². The van der Waals surface area contributed by atoms with Gasteiger partial charge in [-0.25, -0.2) is 8.78 Å². The lowest BCUT2D eigenvalue weighted by Crippen LogP contribution is -2.39. The van der Waals surface area contributed by atoms with Crippen LogP contribution in [0.3, 0.4) is 0 Å². The van der Waals surface area contributed by atoms with E-state index in [9.17, 15) is 18.4 Å². The Bertz CT molecular complexity index is 722. The van der Waals surface area contributed by atoms with Crippen LogP contribution in [0.5, 0.6) is 0 Å². The Morgan fingerprint density at radius 3 is 2.76 bits per heavy atom. The first-order valence-corrected chi connectivity index (χ1v) is 7.44. The van der Waals surface area contributed by atoms with Gasteiger partial charge in [0.2, 0.25) is 5.91 Å². The SMILES string of the molecule is COCCCN(CC(=O)Nc1ccon1)C(=O)c1ccc(F)cc1F. The number of aromatic nitrogens is 1. The summed E-state index contributed by atoms with van der Waals surface area (Å²) in [7, 11) is 1.50. The van der Waals surface area contributed by atoms with E-state index in [4.69, 9.17) is 4.74 Å². The predicted octanol–water partition coefficient (Wildman–Crippen LogP) is 2.07. The molecule has 1 aromatic carbocycles. The van der Waals surface area contributed by atoms with Crippen molar-refractivity contribution in [1.82, 2.24) is 10.1 Å². The maximum Gasteiger partial charge on any atom is 0.257 e. The molecule has 0 spiro atoms. The van der Waals surface area contributed by atoms with E-state index < -0.39 is 23.4 Å². The molecule has 1 aromatic heterocycles. The van der Waals surface area contributed by atoms with E-state index in [2.05, 4.69) is 15.0 Å². The summed E-state index contributed by atoms with van der Waals surface area (Å²) in [5, 5.41) is 5.98. The van der Waals surface area contributed by atoms with Crippen LogP contribution in [0.2, 0.25) is 0 Å².